The first-order valence-electron chi connectivity index (χ1n) is 14.1. The third-order valence-electron chi connectivity index (χ3n) is 7.38. The number of hydrogen-bond donors (Lipinski definition) is 4. The number of fused-ring (bicyclic) bond motifs is 2. The zero-order chi connectivity index (χ0) is 38.3. The van der Waals surface area contributed by atoms with E-state index in [1.165, 1.54) is 41.8 Å². The molecule has 2 aromatic carbocycles. The Morgan fingerprint density at radius 2 is 1.10 bits per heavy atom. The predicted molar refractivity (Wildman–Crippen MR) is 187 cm³/mol. The van der Waals surface area contributed by atoms with Crippen molar-refractivity contribution in [2.75, 3.05) is 17.7 Å². The number of nitrogen functional groups attached to an aromatic ring is 2. The van der Waals surface area contributed by atoms with E-state index in [-0.39, 0.29) is 63.6 Å². The van der Waals surface area contributed by atoms with E-state index in [4.69, 9.17) is 22.9 Å². The van der Waals surface area contributed by atoms with E-state index in [1.54, 1.807) is 24.3 Å². The highest BCUT2D eigenvalue weighted by Gasteiger charge is 2.37. The van der Waals surface area contributed by atoms with Crippen molar-refractivity contribution in [1.82, 2.24) is 9.97 Å². The molecule has 8 N–H and O–H groups in total. The van der Waals surface area contributed by atoms with Crippen LogP contribution in [0.3, 0.4) is 0 Å². The monoisotopic (exact) mass is 774 g/mol. The lowest BCUT2D eigenvalue weighted by Crippen LogP contribution is -2.26. The number of pyridine rings is 2. The molecular formula is C33H20F6N6O4S3. The number of thiophene rings is 2. The molecule has 6 rings (SSSR count). The first kappa shape index (κ1) is 37.5. The Morgan fingerprint density at radius 3 is 1.48 bits per heavy atom. The van der Waals surface area contributed by atoms with E-state index in [1.807, 2.05) is 6.26 Å². The van der Waals surface area contributed by atoms with Crippen molar-refractivity contribution in [2.24, 2.45) is 11.5 Å². The number of hydrogen-bond acceptors (Lipinski definition) is 11. The van der Waals surface area contributed by atoms with Crippen molar-refractivity contribution in [2.45, 2.75) is 17.2 Å². The van der Waals surface area contributed by atoms with Gasteiger partial charge in [0.2, 0.25) is 0 Å². The van der Waals surface area contributed by atoms with Crippen molar-refractivity contribution in [3.8, 4) is 22.5 Å². The van der Waals surface area contributed by atoms with Gasteiger partial charge in [0.15, 0.2) is 0 Å². The summed E-state index contributed by atoms with van der Waals surface area (Å²) in [6.45, 7) is 0. The van der Waals surface area contributed by atoms with Crippen LogP contribution in [0.4, 0.5) is 37.7 Å². The number of halogens is 6. The Labute approximate surface area is 299 Å². The molecule has 4 aromatic heterocycles. The molecule has 0 fully saturated rings. The molecule has 0 aliphatic carbocycles. The number of aromatic nitrogens is 2. The zero-order valence-corrected chi connectivity index (χ0v) is 28.5. The second-order valence-corrected chi connectivity index (χ2v) is 13.5. The van der Waals surface area contributed by atoms with Gasteiger partial charge in [-0.2, -0.15) is 26.3 Å². The minimum Gasteiger partial charge on any atom is -0.397 e. The standard InChI is InChI=1S/C17H8F3N3O3S.C16H12F3N3OS2/c18-17(19,20)10-4-11(7-1-2-8(5-24)9(3-7)6-25)23-16-12(10)13(21)14(27-16)15(22)26;1-24-8-4-2-7(3-5-8)10-6-9(16(17,18)19)11-12(20)13(14(21)23)25-15(11)22-10/h1-4H,21H2,(H2,22,26);2-6H,20H2,1H3,(H2,21,23). The summed E-state index contributed by atoms with van der Waals surface area (Å²) < 4.78 is 81.3. The average molecular weight is 775 g/mol. The van der Waals surface area contributed by atoms with Gasteiger partial charge in [0.25, 0.3) is 11.8 Å². The van der Waals surface area contributed by atoms with Crippen molar-refractivity contribution >= 4 is 89.9 Å². The van der Waals surface area contributed by atoms with Crippen LogP contribution in [0.5, 0.6) is 0 Å². The van der Waals surface area contributed by atoms with Crippen molar-refractivity contribution < 1.29 is 45.5 Å². The quantitative estimate of drug-likeness (QED) is 0.137. The minimum absolute atomic E-state index is 0.0325. The molecule has 0 saturated heterocycles. The number of primary amides is 2. The smallest absolute Gasteiger partial charge is 0.397 e. The van der Waals surface area contributed by atoms with Gasteiger partial charge in [0, 0.05) is 26.8 Å². The summed E-state index contributed by atoms with van der Waals surface area (Å²) >= 11 is 2.93. The van der Waals surface area contributed by atoms with E-state index < -0.39 is 40.7 Å². The highest BCUT2D eigenvalue weighted by Crippen LogP contribution is 2.44. The fourth-order valence-corrected chi connectivity index (χ4v) is 7.34. The maximum Gasteiger partial charge on any atom is 0.417 e. The third-order valence-corrected chi connectivity index (χ3v) is 10.3. The van der Waals surface area contributed by atoms with Crippen LogP contribution in [0.15, 0.2) is 59.5 Å². The van der Waals surface area contributed by atoms with Gasteiger partial charge in [0.05, 0.1) is 44.3 Å². The number of benzene rings is 2. The van der Waals surface area contributed by atoms with Gasteiger partial charge >= 0.3 is 12.4 Å². The topological polar surface area (TPSA) is 198 Å². The summed E-state index contributed by atoms with van der Waals surface area (Å²) in [7, 11) is 0. The number of amides is 2. The maximum atomic E-state index is 13.6. The first-order valence-corrected chi connectivity index (χ1v) is 17.0. The number of nitrogens with two attached hydrogens (primary N) is 4. The van der Waals surface area contributed by atoms with Crippen LogP contribution in [-0.4, -0.2) is 39.9 Å². The summed E-state index contributed by atoms with van der Waals surface area (Å²) in [5.74, 6) is 1.22. The Bertz CT molecular complexity index is 2590. The van der Waals surface area contributed by atoms with Crippen LogP contribution in [0.2, 0.25) is 0 Å². The average Bonchev–Trinajstić information content (AvgIpc) is 3.62. The molecule has 0 saturated carbocycles. The van der Waals surface area contributed by atoms with Gasteiger partial charge in [-0.3, -0.25) is 9.59 Å². The van der Waals surface area contributed by atoms with Gasteiger partial charge in [0.1, 0.15) is 31.3 Å². The molecule has 19 heteroatoms. The molecule has 266 valence electrons. The highest BCUT2D eigenvalue weighted by atomic mass is 32.2. The number of rotatable bonds is 5. The maximum absolute atomic E-state index is 13.6. The van der Waals surface area contributed by atoms with Crippen molar-refractivity contribution in [1.29, 1.82) is 0 Å². The number of anilines is 2. The lowest BCUT2D eigenvalue weighted by Gasteiger charge is -2.11. The Balaban J connectivity index is 0.000000202. The van der Waals surface area contributed by atoms with Crippen LogP contribution in [-0.2, 0) is 21.9 Å². The van der Waals surface area contributed by atoms with Gasteiger partial charge in [-0.15, -0.1) is 34.4 Å². The molecular weight excluding hydrogens is 755 g/mol. The van der Waals surface area contributed by atoms with Gasteiger partial charge in [-0.25, -0.2) is 19.6 Å². The van der Waals surface area contributed by atoms with E-state index in [2.05, 4.69) is 9.97 Å². The van der Waals surface area contributed by atoms with Gasteiger partial charge in [-0.05, 0) is 42.7 Å². The number of alkyl halides is 6. The molecule has 0 spiro atoms. The second-order valence-electron chi connectivity index (χ2n) is 10.6. The Kier molecular flexibility index (Phi) is 10.2. The van der Waals surface area contributed by atoms with Gasteiger partial charge < -0.3 is 22.9 Å². The van der Waals surface area contributed by atoms with E-state index in [0.29, 0.717) is 16.9 Å². The number of carbonyl (C=O) groups is 2. The fraction of sp³-hybridized carbons (Fsp3) is 0.0909. The summed E-state index contributed by atoms with van der Waals surface area (Å²) in [6.07, 6.45) is -7.52. The van der Waals surface area contributed by atoms with Crippen LogP contribution in [0, 0.1) is 0 Å². The van der Waals surface area contributed by atoms with Crippen LogP contribution in [0.25, 0.3) is 42.9 Å². The van der Waals surface area contributed by atoms with Crippen LogP contribution in [0.1, 0.15) is 30.5 Å². The molecule has 0 radical (unpaired) electrons. The molecule has 2 amide bonds. The van der Waals surface area contributed by atoms with Crippen molar-refractivity contribution in [3.63, 3.8) is 0 Å². The molecule has 0 bridgehead atoms. The summed E-state index contributed by atoms with van der Waals surface area (Å²) in [6, 6.07) is 12.4. The molecule has 10 nitrogen and oxygen atoms in total. The molecule has 0 atom stereocenters. The van der Waals surface area contributed by atoms with Crippen LogP contribution < -0.4 is 33.4 Å². The normalized spacial score (nSPS) is 11.5. The van der Waals surface area contributed by atoms with Gasteiger partial charge in [-0.1, -0.05) is 18.2 Å². The molecule has 0 aliphatic heterocycles. The fourth-order valence-electron chi connectivity index (χ4n) is 4.99. The van der Waals surface area contributed by atoms with E-state index >= 15 is 0 Å². The third kappa shape index (κ3) is 7.21. The Hall–Kier alpha value is -5.71. The van der Waals surface area contributed by atoms with E-state index in [9.17, 15) is 45.5 Å². The molecule has 0 unspecified atom stereocenters. The molecule has 6 aromatic rings. The van der Waals surface area contributed by atoms with Crippen molar-refractivity contribution in [3.05, 3.63) is 85.9 Å². The molecule has 4 heterocycles. The lowest BCUT2D eigenvalue weighted by molar-refractivity contribution is -0.137. The zero-order valence-electron chi connectivity index (χ0n) is 26.0. The van der Waals surface area contributed by atoms with E-state index in [0.717, 1.165) is 28.4 Å². The molecule has 52 heavy (non-hydrogen) atoms. The summed E-state index contributed by atoms with van der Waals surface area (Å²) in [5.41, 5.74) is 19.8. The Morgan fingerprint density at radius 1 is 0.673 bits per heavy atom. The highest BCUT2D eigenvalue weighted by molar-refractivity contribution is 7.98. The first-order chi connectivity index (χ1) is 24.4. The SMILES string of the molecule is CSc1ccc(-c2cc(C(F)(F)F)c3c(N)c(C(N)=O)sc3n2)cc1.NC(=O)c1sc2nc(-c3ccc(=C=O)c(=C=O)c3)cc(C(F)(F)F)c2c1N. The lowest BCUT2D eigenvalue weighted by atomic mass is 10.0. The number of thioether (sulfide) groups is 1. The van der Waals surface area contributed by atoms with Crippen LogP contribution >= 0.6 is 34.4 Å². The number of carbonyl (C=O) groups excluding carboxylic acids is 4. The molecule has 0 aliphatic rings. The second kappa shape index (κ2) is 14.1. The summed E-state index contributed by atoms with van der Waals surface area (Å²) in [4.78, 5) is 53.5. The largest absolute Gasteiger partial charge is 0.417 e. The number of nitrogens with zero attached hydrogens (tertiary/aromatic N) is 2. The predicted octanol–water partition coefficient (Wildman–Crippen LogP) is 5.05. The summed E-state index contributed by atoms with van der Waals surface area (Å²) in [5, 5.41) is -0.940. The minimum atomic E-state index is -4.78.